The topological polar surface area (TPSA) is 122 Å². The number of rotatable bonds is 7. The molecule has 0 fully saturated rings. The molecule has 0 amide bonds. The Bertz CT molecular complexity index is 1210. The van der Waals surface area contributed by atoms with Gasteiger partial charge in [0.1, 0.15) is 40.0 Å². The monoisotopic (exact) mass is 430 g/mol. The average Bonchev–Trinajstić information content (AvgIpc) is 2.82. The minimum atomic E-state index is -0.150. The maximum Gasteiger partial charge on any atom is 0.173 e. The molecule has 0 aliphatic heterocycles. The summed E-state index contributed by atoms with van der Waals surface area (Å²) in [7, 11) is 3.08. The number of carbonyl (C=O) groups is 1. The molecule has 0 aliphatic rings. The number of hydrogen-bond donors (Lipinski definition) is 1. The summed E-state index contributed by atoms with van der Waals surface area (Å²) < 4.78 is 10.3. The van der Waals surface area contributed by atoms with Crippen LogP contribution in [0.2, 0.25) is 0 Å². The van der Waals surface area contributed by atoms with Crippen LogP contribution in [0.4, 0.5) is 5.82 Å². The van der Waals surface area contributed by atoms with Crippen molar-refractivity contribution in [2.45, 2.75) is 5.03 Å². The van der Waals surface area contributed by atoms with E-state index in [1.165, 1.54) is 7.11 Å². The highest BCUT2D eigenvalue weighted by molar-refractivity contribution is 8.00. The molecule has 0 saturated carbocycles. The third-order valence-corrected chi connectivity index (χ3v) is 5.50. The third-order valence-electron chi connectivity index (χ3n) is 4.53. The number of thioether (sulfide) groups is 1. The van der Waals surface area contributed by atoms with Crippen LogP contribution in [-0.2, 0) is 0 Å². The van der Waals surface area contributed by atoms with E-state index < -0.39 is 0 Å². The second-order valence-electron chi connectivity index (χ2n) is 6.32. The van der Waals surface area contributed by atoms with E-state index in [-0.39, 0.29) is 28.5 Å². The van der Waals surface area contributed by atoms with Gasteiger partial charge in [0.15, 0.2) is 5.78 Å². The molecule has 8 heteroatoms. The van der Waals surface area contributed by atoms with Gasteiger partial charge in [-0.15, -0.1) is 0 Å². The lowest BCUT2D eigenvalue weighted by atomic mass is 9.97. The first kappa shape index (κ1) is 21.7. The number of anilines is 1. The van der Waals surface area contributed by atoms with Crippen molar-refractivity contribution in [3.63, 3.8) is 0 Å². The zero-order valence-electron chi connectivity index (χ0n) is 16.9. The zero-order chi connectivity index (χ0) is 22.4. The SMILES string of the molecule is COc1ccc(-c2c(C#N)c(N)nc(SCC(=O)c3cccc(OC)c3)c2C#N)cc1. The Balaban J connectivity index is 1.99. The summed E-state index contributed by atoms with van der Waals surface area (Å²) in [5, 5.41) is 19.7. The minimum absolute atomic E-state index is 0.00338. The number of nitrogens with two attached hydrogens (primary N) is 1. The van der Waals surface area contributed by atoms with E-state index in [4.69, 9.17) is 15.2 Å². The smallest absolute Gasteiger partial charge is 0.173 e. The van der Waals surface area contributed by atoms with Crippen molar-refractivity contribution in [3.05, 3.63) is 65.2 Å². The van der Waals surface area contributed by atoms with Crippen LogP contribution in [0.5, 0.6) is 11.5 Å². The van der Waals surface area contributed by atoms with Crippen molar-refractivity contribution in [2.75, 3.05) is 25.7 Å². The van der Waals surface area contributed by atoms with E-state index in [1.54, 1.807) is 55.6 Å². The largest absolute Gasteiger partial charge is 0.497 e. The van der Waals surface area contributed by atoms with Crippen molar-refractivity contribution in [1.82, 2.24) is 4.98 Å². The molecule has 0 spiro atoms. The minimum Gasteiger partial charge on any atom is -0.497 e. The highest BCUT2D eigenvalue weighted by Gasteiger charge is 2.21. The van der Waals surface area contributed by atoms with Crippen molar-refractivity contribution in [3.8, 4) is 34.8 Å². The van der Waals surface area contributed by atoms with E-state index in [1.807, 2.05) is 6.07 Å². The highest BCUT2D eigenvalue weighted by Crippen LogP contribution is 2.36. The van der Waals surface area contributed by atoms with Crippen LogP contribution in [0.1, 0.15) is 21.5 Å². The van der Waals surface area contributed by atoms with E-state index in [0.29, 0.717) is 33.2 Å². The quantitative estimate of drug-likeness (QED) is 0.440. The second-order valence-corrected chi connectivity index (χ2v) is 7.29. The second kappa shape index (κ2) is 9.66. The van der Waals surface area contributed by atoms with Crippen molar-refractivity contribution < 1.29 is 14.3 Å². The van der Waals surface area contributed by atoms with Gasteiger partial charge in [0.05, 0.1) is 25.5 Å². The molecule has 0 radical (unpaired) electrons. The fourth-order valence-corrected chi connectivity index (χ4v) is 3.85. The van der Waals surface area contributed by atoms with Gasteiger partial charge >= 0.3 is 0 Å². The number of methoxy groups -OCH3 is 2. The number of nitriles is 2. The van der Waals surface area contributed by atoms with Crippen molar-refractivity contribution in [2.24, 2.45) is 0 Å². The Morgan fingerprint density at radius 3 is 2.32 bits per heavy atom. The summed E-state index contributed by atoms with van der Waals surface area (Å²) in [6, 6.07) is 17.9. The van der Waals surface area contributed by atoms with Gasteiger partial charge in [-0.2, -0.15) is 10.5 Å². The van der Waals surface area contributed by atoms with Crippen LogP contribution >= 0.6 is 11.8 Å². The molecule has 154 valence electrons. The molecule has 1 aromatic heterocycles. The van der Waals surface area contributed by atoms with E-state index >= 15 is 0 Å². The Morgan fingerprint density at radius 1 is 1.03 bits per heavy atom. The molecule has 31 heavy (non-hydrogen) atoms. The summed E-state index contributed by atoms with van der Waals surface area (Å²) >= 11 is 1.10. The molecule has 0 aliphatic carbocycles. The van der Waals surface area contributed by atoms with Crippen LogP contribution in [0.3, 0.4) is 0 Å². The van der Waals surface area contributed by atoms with Crippen molar-refractivity contribution >= 4 is 23.4 Å². The van der Waals surface area contributed by atoms with Gasteiger partial charge in [0.2, 0.25) is 0 Å². The molecular formula is C23H18N4O3S. The van der Waals surface area contributed by atoms with Gasteiger partial charge in [-0.05, 0) is 29.8 Å². The van der Waals surface area contributed by atoms with Crippen molar-refractivity contribution in [1.29, 1.82) is 10.5 Å². The molecule has 1 heterocycles. The number of hydrogen-bond acceptors (Lipinski definition) is 8. The molecule has 3 rings (SSSR count). The molecule has 2 N–H and O–H groups in total. The maximum absolute atomic E-state index is 12.6. The van der Waals surface area contributed by atoms with E-state index in [0.717, 1.165) is 11.8 Å². The maximum atomic E-state index is 12.6. The summed E-state index contributed by atoms with van der Waals surface area (Å²) in [5.41, 5.74) is 7.83. The van der Waals surface area contributed by atoms with Crippen LogP contribution in [0, 0.1) is 22.7 Å². The fraction of sp³-hybridized carbons (Fsp3) is 0.130. The molecule has 0 bridgehead atoms. The van der Waals surface area contributed by atoms with Gasteiger partial charge < -0.3 is 15.2 Å². The predicted octanol–water partition coefficient (Wildman–Crippen LogP) is 4.07. The van der Waals surface area contributed by atoms with Crippen LogP contribution in [0.15, 0.2) is 53.6 Å². The Hall–Kier alpha value is -4.01. The number of benzene rings is 2. The molecule has 0 saturated heterocycles. The number of ketones is 1. The number of nitrogen functional groups attached to an aromatic ring is 1. The summed E-state index contributed by atoms with van der Waals surface area (Å²) in [5.74, 6) is 1.12. The average molecular weight is 430 g/mol. The first-order valence-corrected chi connectivity index (χ1v) is 10.1. The number of pyridine rings is 1. The lowest BCUT2D eigenvalue weighted by molar-refractivity contribution is 0.102. The highest BCUT2D eigenvalue weighted by atomic mass is 32.2. The normalized spacial score (nSPS) is 10.1. The van der Waals surface area contributed by atoms with Gasteiger partial charge in [-0.1, -0.05) is 36.0 Å². The summed E-state index contributed by atoms with van der Waals surface area (Å²) in [6.07, 6.45) is 0. The Kier molecular flexibility index (Phi) is 6.76. The fourth-order valence-electron chi connectivity index (χ4n) is 2.96. The number of nitrogens with zero attached hydrogens (tertiary/aromatic N) is 3. The van der Waals surface area contributed by atoms with Crippen LogP contribution in [0.25, 0.3) is 11.1 Å². The number of ether oxygens (including phenoxy) is 2. The first-order chi connectivity index (χ1) is 15.0. The van der Waals surface area contributed by atoms with Gasteiger partial charge in [0.25, 0.3) is 0 Å². The molecule has 2 aromatic carbocycles. The van der Waals surface area contributed by atoms with E-state index in [9.17, 15) is 15.3 Å². The standard InChI is InChI=1S/C23H18N4O3S/c1-29-16-8-6-14(7-9-16)21-18(11-24)22(26)27-23(19(21)12-25)31-13-20(28)15-4-3-5-17(10-15)30-2/h3-10H,13H2,1-2H3,(H2,26,27). The number of aromatic nitrogens is 1. The third kappa shape index (κ3) is 4.61. The predicted molar refractivity (Wildman–Crippen MR) is 118 cm³/mol. The van der Waals surface area contributed by atoms with Gasteiger partial charge in [0, 0.05) is 11.1 Å². The summed E-state index contributed by atoms with van der Waals surface area (Å²) in [6.45, 7) is 0. The number of carbonyl (C=O) groups excluding carboxylic acids is 1. The van der Waals surface area contributed by atoms with Gasteiger partial charge in [-0.3, -0.25) is 4.79 Å². The Labute approximate surface area is 184 Å². The first-order valence-electron chi connectivity index (χ1n) is 9.10. The van der Waals surface area contributed by atoms with Gasteiger partial charge in [-0.25, -0.2) is 4.98 Å². The van der Waals surface area contributed by atoms with Crippen LogP contribution < -0.4 is 15.2 Å². The molecule has 0 unspecified atom stereocenters. The molecular weight excluding hydrogens is 412 g/mol. The molecule has 3 aromatic rings. The molecule has 7 nitrogen and oxygen atoms in total. The Morgan fingerprint density at radius 2 is 1.71 bits per heavy atom. The lowest BCUT2D eigenvalue weighted by Crippen LogP contribution is -2.06. The van der Waals surface area contributed by atoms with E-state index in [2.05, 4.69) is 11.1 Å². The summed E-state index contributed by atoms with van der Waals surface area (Å²) in [4.78, 5) is 16.9. The molecule has 0 atom stereocenters. The lowest BCUT2D eigenvalue weighted by Gasteiger charge is -2.13. The van der Waals surface area contributed by atoms with Crippen LogP contribution in [-0.4, -0.2) is 30.7 Å². The number of Topliss-reactive ketones (excluding diaryl/α,β-unsaturated/α-hetero) is 1. The zero-order valence-corrected chi connectivity index (χ0v) is 17.7.